The maximum absolute atomic E-state index is 12.4. The topological polar surface area (TPSA) is 64.0 Å². The van der Waals surface area contributed by atoms with Gasteiger partial charge in [-0.25, -0.2) is 4.98 Å². The molecule has 2 aromatic carbocycles. The number of benzene rings is 2. The fraction of sp³-hybridized carbons (Fsp3) is 0.227. The highest BCUT2D eigenvalue weighted by Gasteiger charge is 2.12. The molecular weight excluding hydrogens is 450 g/mol. The number of hydrogen-bond donors (Lipinski definition) is 1. The zero-order chi connectivity index (χ0) is 20.6. The standard InChI is InChI=1S/C22H22BrN3O2S/c1-2-3-11-24-21(28)17-5-4-6-19(14-17)26-13-12-25-22(26)29-15-20(27)16-7-9-18(23)10-8-16/h4-10,12-14H,2-3,11,15H2,1H3,(H,24,28). The Kier molecular flexibility index (Phi) is 7.66. The summed E-state index contributed by atoms with van der Waals surface area (Å²) < 4.78 is 2.83. The molecule has 0 radical (unpaired) electrons. The van der Waals surface area contributed by atoms with Gasteiger partial charge in [0.15, 0.2) is 10.9 Å². The monoisotopic (exact) mass is 471 g/mol. The van der Waals surface area contributed by atoms with Crippen molar-refractivity contribution in [3.05, 3.63) is 76.5 Å². The van der Waals surface area contributed by atoms with Crippen LogP contribution in [0.15, 0.2) is 70.6 Å². The Hall–Kier alpha value is -2.38. The van der Waals surface area contributed by atoms with E-state index in [1.807, 2.05) is 41.1 Å². The number of nitrogens with one attached hydrogen (secondary N) is 1. The van der Waals surface area contributed by atoms with E-state index in [4.69, 9.17) is 0 Å². The van der Waals surface area contributed by atoms with Gasteiger partial charge < -0.3 is 5.32 Å². The Morgan fingerprint density at radius 2 is 1.93 bits per heavy atom. The first-order valence-electron chi connectivity index (χ1n) is 9.42. The molecule has 0 fully saturated rings. The van der Waals surface area contributed by atoms with Gasteiger partial charge in [0, 0.05) is 40.2 Å². The van der Waals surface area contributed by atoms with Gasteiger partial charge in [0.05, 0.1) is 5.75 Å². The van der Waals surface area contributed by atoms with E-state index in [0.717, 1.165) is 23.0 Å². The Bertz CT molecular complexity index is 986. The van der Waals surface area contributed by atoms with E-state index < -0.39 is 0 Å². The van der Waals surface area contributed by atoms with Crippen LogP contribution in [0, 0.1) is 0 Å². The molecule has 0 aliphatic rings. The summed E-state index contributed by atoms with van der Waals surface area (Å²) in [7, 11) is 0. The van der Waals surface area contributed by atoms with Crippen LogP contribution >= 0.6 is 27.7 Å². The number of carbonyl (C=O) groups is 2. The normalized spacial score (nSPS) is 10.7. The highest BCUT2D eigenvalue weighted by atomic mass is 79.9. The van der Waals surface area contributed by atoms with Crippen molar-refractivity contribution in [1.82, 2.24) is 14.9 Å². The number of halogens is 1. The Labute approximate surface area is 183 Å². The van der Waals surface area contributed by atoms with E-state index in [-0.39, 0.29) is 17.4 Å². The summed E-state index contributed by atoms with van der Waals surface area (Å²) in [4.78, 5) is 29.1. The molecule has 0 unspecified atom stereocenters. The number of amides is 1. The molecule has 1 amide bonds. The smallest absolute Gasteiger partial charge is 0.251 e. The number of rotatable bonds is 9. The molecule has 29 heavy (non-hydrogen) atoms. The lowest BCUT2D eigenvalue weighted by Gasteiger charge is -2.10. The van der Waals surface area contributed by atoms with Crippen LogP contribution in [0.25, 0.3) is 5.69 Å². The van der Waals surface area contributed by atoms with Crippen molar-refractivity contribution < 1.29 is 9.59 Å². The second-order valence-corrected chi connectivity index (χ2v) is 8.32. The second kappa shape index (κ2) is 10.4. The Balaban J connectivity index is 1.69. The minimum absolute atomic E-state index is 0.0427. The summed E-state index contributed by atoms with van der Waals surface area (Å²) in [5.74, 6) is 0.247. The van der Waals surface area contributed by atoms with E-state index in [9.17, 15) is 9.59 Å². The number of ketones is 1. The summed E-state index contributed by atoms with van der Waals surface area (Å²) in [6.45, 7) is 2.76. The van der Waals surface area contributed by atoms with Gasteiger partial charge in [0.25, 0.3) is 5.91 Å². The third kappa shape index (κ3) is 5.81. The number of unbranched alkanes of at least 4 members (excludes halogenated alkanes) is 1. The molecule has 0 bridgehead atoms. The van der Waals surface area contributed by atoms with E-state index in [0.29, 0.717) is 22.8 Å². The lowest BCUT2D eigenvalue weighted by molar-refractivity contribution is 0.0952. The second-order valence-electron chi connectivity index (χ2n) is 6.46. The van der Waals surface area contributed by atoms with Crippen LogP contribution in [-0.4, -0.2) is 33.5 Å². The number of nitrogens with zero attached hydrogens (tertiary/aromatic N) is 2. The van der Waals surface area contributed by atoms with Crippen LogP contribution < -0.4 is 5.32 Å². The molecule has 0 saturated heterocycles. The third-order valence-electron chi connectivity index (χ3n) is 4.31. The van der Waals surface area contributed by atoms with Crippen molar-refractivity contribution in [1.29, 1.82) is 0 Å². The molecule has 0 saturated carbocycles. The molecule has 5 nitrogen and oxygen atoms in total. The van der Waals surface area contributed by atoms with Crippen molar-refractivity contribution in [3.8, 4) is 5.69 Å². The molecular formula is C22H22BrN3O2S. The van der Waals surface area contributed by atoms with Gasteiger partial charge in [-0.05, 0) is 36.8 Å². The van der Waals surface area contributed by atoms with E-state index in [1.54, 1.807) is 24.4 Å². The molecule has 3 rings (SSSR count). The van der Waals surface area contributed by atoms with Crippen LogP contribution in [0.3, 0.4) is 0 Å². The number of aromatic nitrogens is 2. The maximum Gasteiger partial charge on any atom is 0.251 e. The molecule has 1 aromatic heterocycles. The number of Topliss-reactive ketones (excluding diaryl/α,β-unsaturated/α-hetero) is 1. The van der Waals surface area contributed by atoms with Crippen LogP contribution in [0.4, 0.5) is 0 Å². The lowest BCUT2D eigenvalue weighted by Crippen LogP contribution is -2.24. The molecule has 3 aromatic rings. The highest BCUT2D eigenvalue weighted by molar-refractivity contribution is 9.10. The summed E-state index contributed by atoms with van der Waals surface area (Å²) in [5, 5.41) is 3.64. The highest BCUT2D eigenvalue weighted by Crippen LogP contribution is 2.22. The van der Waals surface area contributed by atoms with Gasteiger partial charge in [0.2, 0.25) is 0 Å². The van der Waals surface area contributed by atoms with Crippen molar-refractivity contribution in [2.24, 2.45) is 0 Å². The maximum atomic E-state index is 12.4. The number of hydrogen-bond acceptors (Lipinski definition) is 4. The predicted molar refractivity (Wildman–Crippen MR) is 120 cm³/mol. The van der Waals surface area contributed by atoms with Gasteiger partial charge in [-0.1, -0.05) is 59.2 Å². The van der Waals surface area contributed by atoms with Crippen molar-refractivity contribution >= 4 is 39.4 Å². The first-order chi connectivity index (χ1) is 14.1. The molecule has 150 valence electrons. The summed E-state index contributed by atoms with van der Waals surface area (Å²) in [5.41, 5.74) is 2.11. The van der Waals surface area contributed by atoms with Crippen molar-refractivity contribution in [2.45, 2.75) is 24.9 Å². The lowest BCUT2D eigenvalue weighted by atomic mass is 10.2. The third-order valence-corrected chi connectivity index (χ3v) is 5.80. The van der Waals surface area contributed by atoms with E-state index in [2.05, 4.69) is 33.2 Å². The molecule has 0 atom stereocenters. The average molecular weight is 472 g/mol. The molecule has 0 aliphatic heterocycles. The first-order valence-corrected chi connectivity index (χ1v) is 11.2. The predicted octanol–water partition coefficient (Wildman–Crippen LogP) is 5.14. The summed E-state index contributed by atoms with van der Waals surface area (Å²) in [6.07, 6.45) is 5.52. The fourth-order valence-corrected chi connectivity index (χ4v) is 3.85. The molecule has 7 heteroatoms. The van der Waals surface area contributed by atoms with Crippen LogP contribution in [0.5, 0.6) is 0 Å². The van der Waals surface area contributed by atoms with Crippen LogP contribution in [-0.2, 0) is 0 Å². The Morgan fingerprint density at radius 3 is 2.69 bits per heavy atom. The van der Waals surface area contributed by atoms with Gasteiger partial charge >= 0.3 is 0 Å². The first kappa shape index (κ1) is 21.3. The van der Waals surface area contributed by atoms with Gasteiger partial charge in [-0.2, -0.15) is 0 Å². The molecule has 0 aliphatic carbocycles. The quantitative estimate of drug-likeness (QED) is 0.266. The van der Waals surface area contributed by atoms with Gasteiger partial charge in [-0.3, -0.25) is 14.2 Å². The number of imidazole rings is 1. The number of carbonyl (C=O) groups excluding carboxylic acids is 2. The summed E-state index contributed by atoms with van der Waals surface area (Å²) >= 11 is 4.75. The molecule has 1 N–H and O–H groups in total. The van der Waals surface area contributed by atoms with Crippen molar-refractivity contribution in [3.63, 3.8) is 0 Å². The van der Waals surface area contributed by atoms with Crippen molar-refractivity contribution in [2.75, 3.05) is 12.3 Å². The van der Waals surface area contributed by atoms with Crippen LogP contribution in [0.2, 0.25) is 0 Å². The zero-order valence-electron chi connectivity index (χ0n) is 16.1. The summed E-state index contributed by atoms with van der Waals surface area (Å²) in [6, 6.07) is 14.7. The zero-order valence-corrected chi connectivity index (χ0v) is 18.5. The van der Waals surface area contributed by atoms with E-state index >= 15 is 0 Å². The van der Waals surface area contributed by atoms with Gasteiger partial charge in [0.1, 0.15) is 0 Å². The molecule has 0 spiro atoms. The van der Waals surface area contributed by atoms with Crippen LogP contribution in [0.1, 0.15) is 40.5 Å². The minimum atomic E-state index is -0.0833. The fourth-order valence-electron chi connectivity index (χ4n) is 2.72. The largest absolute Gasteiger partial charge is 0.352 e. The SMILES string of the molecule is CCCCNC(=O)c1cccc(-n2ccnc2SCC(=O)c2ccc(Br)cc2)c1. The minimum Gasteiger partial charge on any atom is -0.352 e. The van der Waals surface area contributed by atoms with E-state index in [1.165, 1.54) is 11.8 Å². The Morgan fingerprint density at radius 1 is 1.14 bits per heavy atom. The molecule has 1 heterocycles. The number of thioether (sulfide) groups is 1. The average Bonchev–Trinajstić information content (AvgIpc) is 3.21. The van der Waals surface area contributed by atoms with Gasteiger partial charge in [-0.15, -0.1) is 0 Å².